The maximum atomic E-state index is 13.2. The van der Waals surface area contributed by atoms with Crippen molar-refractivity contribution in [2.24, 2.45) is 10.2 Å². The quantitative estimate of drug-likeness (QED) is 0.232. The minimum Gasteiger partial charge on any atom is -0.497 e. The Bertz CT molecular complexity index is 1620. The van der Waals surface area contributed by atoms with E-state index in [0.717, 1.165) is 45.9 Å². The lowest BCUT2D eigenvalue weighted by Crippen LogP contribution is -2.54. The Morgan fingerprint density at radius 3 is 2.15 bits per heavy atom. The van der Waals surface area contributed by atoms with Gasteiger partial charge in [0.2, 0.25) is 10.0 Å². The summed E-state index contributed by atoms with van der Waals surface area (Å²) in [6, 6.07) is 34.4. The lowest BCUT2D eigenvalue weighted by atomic mass is 9.92. The molecule has 2 heterocycles. The summed E-state index contributed by atoms with van der Waals surface area (Å²) in [4.78, 5) is 12.1. The molecule has 4 aromatic rings. The van der Waals surface area contributed by atoms with Crippen molar-refractivity contribution in [2.45, 2.75) is 25.3 Å². The summed E-state index contributed by atoms with van der Waals surface area (Å²) in [7, 11) is 1.64. The monoisotopic (exact) mass is 562 g/mol. The van der Waals surface area contributed by atoms with Crippen LogP contribution in [0, 0.1) is 0 Å². The molecule has 0 amide bonds. The summed E-state index contributed by atoms with van der Waals surface area (Å²) in [5.41, 5.74) is 6.68. The van der Waals surface area contributed by atoms with Crippen molar-refractivity contribution < 1.29 is 14.3 Å². The Morgan fingerprint density at radius 2 is 1.46 bits per heavy atom. The van der Waals surface area contributed by atoms with Crippen molar-refractivity contribution in [2.75, 3.05) is 23.7 Å². The van der Waals surface area contributed by atoms with E-state index in [1.54, 1.807) is 14.0 Å². The van der Waals surface area contributed by atoms with Gasteiger partial charge in [0.05, 0.1) is 30.8 Å². The number of ether oxygens (including phenoxy) is 2. The lowest BCUT2D eigenvalue weighted by molar-refractivity contribution is -0.134. The largest absolute Gasteiger partial charge is 0.497 e. The van der Waals surface area contributed by atoms with Crippen molar-refractivity contribution in [1.29, 1.82) is 0 Å². The number of fused-ring (bicyclic) bond motifs is 2. The number of benzene rings is 4. The predicted octanol–water partition coefficient (Wildman–Crippen LogP) is 6.77. The second-order valence-electron chi connectivity index (χ2n) is 9.54. The van der Waals surface area contributed by atoms with Crippen molar-refractivity contribution in [3.8, 4) is 5.75 Å². The molecule has 7 nitrogen and oxygen atoms in total. The van der Waals surface area contributed by atoms with E-state index in [-0.39, 0.29) is 11.7 Å². The van der Waals surface area contributed by atoms with Crippen LogP contribution in [0.25, 0.3) is 0 Å². The first kappa shape index (κ1) is 26.7. The average molecular weight is 563 g/mol. The molecule has 0 fully saturated rings. The van der Waals surface area contributed by atoms with Crippen LogP contribution >= 0.6 is 11.8 Å². The molecular formula is C33H30N4O3S. The molecule has 6 rings (SSSR count). The lowest BCUT2D eigenvalue weighted by Gasteiger charge is -2.47. The van der Waals surface area contributed by atoms with Gasteiger partial charge < -0.3 is 9.47 Å². The first-order valence-corrected chi connectivity index (χ1v) is 14.4. The molecule has 0 aliphatic carbocycles. The zero-order valence-electron chi connectivity index (χ0n) is 23.2. The van der Waals surface area contributed by atoms with Gasteiger partial charge in [-0.05, 0) is 67.1 Å². The third-order valence-electron chi connectivity index (χ3n) is 7.14. The second-order valence-corrected chi connectivity index (χ2v) is 10.7. The number of rotatable bonds is 7. The first-order valence-electron chi connectivity index (χ1n) is 13.6. The van der Waals surface area contributed by atoms with E-state index >= 15 is 0 Å². The fourth-order valence-electron chi connectivity index (χ4n) is 5.11. The topological polar surface area (TPSA) is 66.7 Å². The summed E-state index contributed by atoms with van der Waals surface area (Å²) >= 11 is 1.33. The fraction of sp³-hybridized carbons (Fsp3) is 0.182. The molecule has 0 N–H and O–H groups in total. The normalized spacial score (nSPS) is 17.6. The Morgan fingerprint density at radius 1 is 0.805 bits per heavy atom. The van der Waals surface area contributed by atoms with E-state index in [1.165, 1.54) is 17.3 Å². The highest BCUT2D eigenvalue weighted by atomic mass is 32.2. The number of carbonyl (C=O) groups excluding carboxylic acids is 1. The third-order valence-corrected chi connectivity index (χ3v) is 8.43. The van der Waals surface area contributed by atoms with E-state index in [4.69, 9.17) is 19.7 Å². The Hall–Kier alpha value is -4.56. The van der Waals surface area contributed by atoms with Gasteiger partial charge in [-0.3, -0.25) is 0 Å². The molecule has 206 valence electrons. The van der Waals surface area contributed by atoms with Crippen LogP contribution in [-0.2, 0) is 20.9 Å². The van der Waals surface area contributed by atoms with E-state index in [9.17, 15) is 4.79 Å². The number of carbonyl (C=O) groups is 1. The Kier molecular flexibility index (Phi) is 7.24. The van der Waals surface area contributed by atoms with Crippen molar-refractivity contribution in [3.63, 3.8) is 0 Å². The molecule has 8 heteroatoms. The summed E-state index contributed by atoms with van der Waals surface area (Å²) in [6.45, 7) is 4.19. The highest BCUT2D eigenvalue weighted by Gasteiger charge is 2.56. The summed E-state index contributed by atoms with van der Waals surface area (Å²) in [5.74, 6) is 0.257. The van der Waals surface area contributed by atoms with Gasteiger partial charge >= 0.3 is 5.97 Å². The molecule has 2 aliphatic rings. The number of nitrogens with zero attached hydrogens (tertiary/aromatic N) is 4. The number of hydrogen-bond acceptors (Lipinski definition) is 8. The number of thioether (sulfide) groups is 1. The van der Waals surface area contributed by atoms with Crippen molar-refractivity contribution >= 4 is 39.9 Å². The average Bonchev–Trinajstić information content (AvgIpc) is 3.43. The van der Waals surface area contributed by atoms with Crippen LogP contribution in [0.2, 0.25) is 0 Å². The maximum Gasteiger partial charge on any atom is 0.365 e. The molecule has 4 aromatic carbocycles. The highest BCUT2D eigenvalue weighted by Crippen LogP contribution is 2.55. The van der Waals surface area contributed by atoms with Crippen LogP contribution in [0.5, 0.6) is 5.75 Å². The Balaban J connectivity index is 1.61. The standard InChI is InChI=1S/C33H30N4O3S/c1-4-23-15-17-24(18-16-23)30-28-13-9-10-14-29(28)33(36(34-30)25-11-7-6-8-12-25)37(26-19-21-27(39-3)22-20-26)35-31(41-33)32(38)40-5-2/h6-22H,4-5H2,1-3H3. The van der Waals surface area contributed by atoms with Crippen molar-refractivity contribution in [3.05, 3.63) is 125 Å². The van der Waals surface area contributed by atoms with E-state index < -0.39 is 11.0 Å². The van der Waals surface area contributed by atoms with Gasteiger partial charge in [0, 0.05) is 16.7 Å². The van der Waals surface area contributed by atoms with Crippen LogP contribution in [0.1, 0.15) is 36.1 Å². The van der Waals surface area contributed by atoms with E-state index in [1.807, 2.05) is 76.7 Å². The van der Waals surface area contributed by atoms with Crippen LogP contribution in [0.15, 0.2) is 113 Å². The number of hydrogen-bond donors (Lipinski definition) is 0. The number of aryl methyl sites for hydroxylation is 1. The molecule has 0 radical (unpaired) electrons. The number of hydrazone groups is 2. The van der Waals surface area contributed by atoms with Crippen LogP contribution < -0.4 is 14.8 Å². The van der Waals surface area contributed by atoms with Gasteiger partial charge in [-0.15, -0.1) is 0 Å². The summed E-state index contributed by atoms with van der Waals surface area (Å²) in [5, 5.41) is 14.3. The highest BCUT2D eigenvalue weighted by molar-refractivity contribution is 8.16. The SMILES string of the molecule is CCOC(=O)C1=NN(c2ccc(OC)cc2)C2(S1)c1ccccc1C(c1ccc(CC)cc1)=NN2c1ccccc1. The van der Waals surface area contributed by atoms with Gasteiger partial charge in [-0.1, -0.05) is 73.7 Å². The van der Waals surface area contributed by atoms with E-state index in [2.05, 4.69) is 43.3 Å². The molecule has 1 unspecified atom stereocenters. The molecule has 0 aromatic heterocycles. The third kappa shape index (κ3) is 4.64. The summed E-state index contributed by atoms with van der Waals surface area (Å²) < 4.78 is 10.9. The summed E-state index contributed by atoms with van der Waals surface area (Å²) in [6.07, 6.45) is 0.962. The molecule has 1 spiro atoms. The number of methoxy groups -OCH3 is 1. The molecule has 0 bridgehead atoms. The first-order chi connectivity index (χ1) is 20.1. The molecular weight excluding hydrogens is 532 g/mol. The van der Waals surface area contributed by atoms with Crippen LogP contribution in [0.4, 0.5) is 11.4 Å². The predicted molar refractivity (Wildman–Crippen MR) is 166 cm³/mol. The molecule has 0 saturated carbocycles. The number of esters is 1. The Labute approximate surface area is 244 Å². The van der Waals surface area contributed by atoms with Gasteiger partial charge in [-0.2, -0.15) is 10.2 Å². The fourth-order valence-corrected chi connectivity index (χ4v) is 6.40. The minimum absolute atomic E-state index is 0.253. The smallest absolute Gasteiger partial charge is 0.365 e. The van der Waals surface area contributed by atoms with Gasteiger partial charge in [0.15, 0.2) is 0 Å². The zero-order chi connectivity index (χ0) is 28.4. The minimum atomic E-state index is -1.05. The van der Waals surface area contributed by atoms with Crippen molar-refractivity contribution in [1.82, 2.24) is 0 Å². The molecule has 2 aliphatic heterocycles. The van der Waals surface area contributed by atoms with Crippen LogP contribution in [-0.4, -0.2) is 30.4 Å². The second kappa shape index (κ2) is 11.1. The van der Waals surface area contributed by atoms with Gasteiger partial charge in [0.1, 0.15) is 5.75 Å². The zero-order valence-corrected chi connectivity index (χ0v) is 24.0. The maximum absolute atomic E-state index is 13.2. The van der Waals surface area contributed by atoms with Crippen LogP contribution in [0.3, 0.4) is 0 Å². The molecule has 1 atom stereocenters. The van der Waals surface area contributed by atoms with E-state index in [0.29, 0.717) is 0 Å². The van der Waals surface area contributed by atoms with Gasteiger partial charge in [0.25, 0.3) is 0 Å². The van der Waals surface area contributed by atoms with Gasteiger partial charge in [-0.25, -0.2) is 14.8 Å². The molecule has 41 heavy (non-hydrogen) atoms. The number of para-hydroxylation sites is 1. The molecule has 0 saturated heterocycles. The number of anilines is 2.